The number of H-pyrrole nitrogens is 1. The van der Waals surface area contributed by atoms with Gasteiger partial charge in [0.15, 0.2) is 0 Å². The lowest BCUT2D eigenvalue weighted by atomic mass is 9.80. The fraction of sp³-hybridized carbons (Fsp3) is 0.372. The number of aliphatic hydroxyl groups is 1. The number of nitrogens with zero attached hydrogens (tertiary/aromatic N) is 2. The van der Waals surface area contributed by atoms with Gasteiger partial charge in [-0.15, -0.1) is 0 Å². The minimum Gasteiger partial charge on any atom is -0.497 e. The van der Waals surface area contributed by atoms with E-state index in [2.05, 4.69) is 10.3 Å². The number of benzene rings is 3. The van der Waals surface area contributed by atoms with E-state index in [1.54, 1.807) is 49.1 Å². The molecule has 5 N–H and O–H groups in total. The maximum atomic E-state index is 13.1. The third-order valence-corrected chi connectivity index (χ3v) is 10.2. The highest BCUT2D eigenvalue weighted by molar-refractivity contribution is 5.91. The second-order valence-electron chi connectivity index (χ2n) is 14.5. The van der Waals surface area contributed by atoms with Gasteiger partial charge in [-0.3, -0.25) is 33.6 Å². The third kappa shape index (κ3) is 13.1. The highest BCUT2D eigenvalue weighted by Gasteiger charge is 2.43. The number of aromatic nitrogens is 2. The van der Waals surface area contributed by atoms with Crippen LogP contribution >= 0.6 is 0 Å². The third-order valence-electron chi connectivity index (χ3n) is 10.2. The van der Waals surface area contributed by atoms with Crippen molar-refractivity contribution in [1.29, 1.82) is 0 Å². The molecule has 65 heavy (non-hydrogen) atoms. The molecule has 1 aliphatic heterocycles. The molecule has 1 saturated heterocycles. The molecule has 1 aromatic heterocycles. The first kappa shape index (κ1) is 49.5. The maximum absolute atomic E-state index is 13.1. The van der Waals surface area contributed by atoms with Crippen LogP contribution in [0.5, 0.6) is 11.5 Å². The second kappa shape index (κ2) is 21.9. The normalized spacial score (nSPS) is 16.7. The molecule has 0 aliphatic carbocycles. The van der Waals surface area contributed by atoms with Crippen LogP contribution in [0, 0.1) is 0 Å². The van der Waals surface area contributed by atoms with Crippen molar-refractivity contribution in [1.82, 2.24) is 30.4 Å². The number of methoxy groups -OCH3 is 2. The highest BCUT2D eigenvalue weighted by atomic mass is 19.4. The number of amides is 3. The Morgan fingerprint density at radius 1 is 0.785 bits per heavy atom. The summed E-state index contributed by atoms with van der Waals surface area (Å²) in [6.07, 6.45) is -10.5. The fourth-order valence-electron chi connectivity index (χ4n) is 6.90. The predicted molar refractivity (Wildman–Crippen MR) is 221 cm³/mol. The van der Waals surface area contributed by atoms with Gasteiger partial charge in [-0.2, -0.15) is 26.3 Å². The number of aliphatic hydroxyl groups excluding tert-OH is 1. The zero-order valence-electron chi connectivity index (χ0n) is 34.9. The lowest BCUT2D eigenvalue weighted by molar-refractivity contribution is -0.173. The van der Waals surface area contributed by atoms with E-state index in [9.17, 15) is 55.4 Å². The van der Waals surface area contributed by atoms with E-state index in [4.69, 9.17) is 18.9 Å². The Labute approximate surface area is 367 Å². The summed E-state index contributed by atoms with van der Waals surface area (Å²) in [5.41, 5.74) is -0.969. The average molecular weight is 921 g/mol. The van der Waals surface area contributed by atoms with Crippen molar-refractivity contribution in [2.45, 2.75) is 42.8 Å². The maximum Gasteiger partial charge on any atom is 0.471 e. The summed E-state index contributed by atoms with van der Waals surface area (Å²) >= 11 is 0. The molecule has 16 nitrogen and oxygen atoms in total. The molecule has 2 heterocycles. The van der Waals surface area contributed by atoms with Gasteiger partial charge in [0, 0.05) is 58.0 Å². The molecule has 0 saturated carbocycles. The number of hydrogen-bond donors (Lipinski definition) is 5. The van der Waals surface area contributed by atoms with Gasteiger partial charge in [0.25, 0.3) is 5.56 Å². The first-order valence-corrected chi connectivity index (χ1v) is 19.9. The lowest BCUT2D eigenvalue weighted by Crippen LogP contribution is -2.46. The lowest BCUT2D eigenvalue weighted by Gasteiger charge is -2.37. The Balaban J connectivity index is 1.27. The summed E-state index contributed by atoms with van der Waals surface area (Å²) in [6, 6.07) is 24.0. The Bertz CT molecular complexity index is 2300. The van der Waals surface area contributed by atoms with Crippen molar-refractivity contribution in [3.8, 4) is 11.5 Å². The molecule has 0 bridgehead atoms. The van der Waals surface area contributed by atoms with Gasteiger partial charge in [-0.05, 0) is 47.0 Å². The van der Waals surface area contributed by atoms with Gasteiger partial charge in [0.2, 0.25) is 5.91 Å². The van der Waals surface area contributed by atoms with Crippen LogP contribution in [-0.4, -0.2) is 122 Å². The van der Waals surface area contributed by atoms with Crippen LogP contribution in [0.2, 0.25) is 0 Å². The van der Waals surface area contributed by atoms with Crippen LogP contribution in [0.4, 0.5) is 26.3 Å². The monoisotopic (exact) mass is 920 g/mol. The van der Waals surface area contributed by atoms with E-state index in [1.807, 2.05) is 54.6 Å². The van der Waals surface area contributed by atoms with Crippen LogP contribution in [0.3, 0.4) is 0 Å². The van der Waals surface area contributed by atoms with Crippen molar-refractivity contribution in [3.05, 3.63) is 134 Å². The molecule has 3 amide bonds. The second-order valence-corrected chi connectivity index (χ2v) is 14.5. The number of rotatable bonds is 20. The van der Waals surface area contributed by atoms with E-state index in [-0.39, 0.29) is 44.8 Å². The van der Waals surface area contributed by atoms with E-state index in [1.165, 1.54) is 4.90 Å². The molecule has 0 radical (unpaired) electrons. The van der Waals surface area contributed by atoms with Crippen molar-refractivity contribution in [2.75, 3.05) is 60.1 Å². The molecule has 4 aromatic rings. The van der Waals surface area contributed by atoms with E-state index < -0.39 is 78.4 Å². The topological polar surface area (TPSA) is 203 Å². The molecule has 0 spiro atoms. The van der Waals surface area contributed by atoms with Gasteiger partial charge in [0.05, 0.1) is 32.5 Å². The number of carbonyl (C=O) groups excluding carboxylic acids is 3. The molecular formula is C43H46F6N6O10. The van der Waals surface area contributed by atoms with Crippen molar-refractivity contribution >= 4 is 23.8 Å². The zero-order valence-corrected chi connectivity index (χ0v) is 34.9. The van der Waals surface area contributed by atoms with E-state index in [0.29, 0.717) is 11.5 Å². The number of nitrogens with one attached hydrogen (secondary N) is 4. The summed E-state index contributed by atoms with van der Waals surface area (Å²) in [7, 11) is 3.10. The van der Waals surface area contributed by atoms with Crippen molar-refractivity contribution in [3.63, 3.8) is 0 Å². The molecule has 350 valence electrons. The number of ether oxygens (including phenoxy) is 4. The summed E-state index contributed by atoms with van der Waals surface area (Å²) in [6.45, 7) is -2.25. The van der Waals surface area contributed by atoms with E-state index >= 15 is 0 Å². The Hall–Kier alpha value is -6.49. The summed E-state index contributed by atoms with van der Waals surface area (Å²) in [4.78, 5) is 64.3. The first-order valence-electron chi connectivity index (χ1n) is 19.9. The number of alkyl halides is 6. The number of carbonyl (C=O) groups is 3. The van der Waals surface area contributed by atoms with Gasteiger partial charge in [-0.25, -0.2) is 4.79 Å². The predicted octanol–water partition coefficient (Wildman–Crippen LogP) is 3.00. The smallest absolute Gasteiger partial charge is 0.471 e. The number of aromatic amines is 1. The summed E-state index contributed by atoms with van der Waals surface area (Å²) < 4.78 is 100. The van der Waals surface area contributed by atoms with Crippen molar-refractivity contribution < 1.29 is 64.8 Å². The summed E-state index contributed by atoms with van der Waals surface area (Å²) in [5, 5.41) is 17.0. The molecule has 1 aliphatic rings. The van der Waals surface area contributed by atoms with Crippen molar-refractivity contribution in [2.24, 2.45) is 0 Å². The van der Waals surface area contributed by atoms with E-state index in [0.717, 1.165) is 39.6 Å². The fourth-order valence-corrected chi connectivity index (χ4v) is 6.90. The van der Waals surface area contributed by atoms with Gasteiger partial charge in [-0.1, -0.05) is 54.6 Å². The van der Waals surface area contributed by atoms with Crippen LogP contribution in [0.1, 0.15) is 34.9 Å². The van der Waals surface area contributed by atoms with Gasteiger partial charge in [0.1, 0.15) is 29.4 Å². The molecular weight excluding hydrogens is 874 g/mol. The minimum absolute atomic E-state index is 0.0940. The van der Waals surface area contributed by atoms with Crippen LogP contribution in [0.15, 0.2) is 101 Å². The average Bonchev–Trinajstić information content (AvgIpc) is 3.65. The molecule has 3 unspecified atom stereocenters. The highest BCUT2D eigenvalue weighted by Crippen LogP contribution is 2.42. The number of halogens is 6. The summed E-state index contributed by atoms with van der Waals surface area (Å²) in [5.74, 6) is -4.02. The quantitative estimate of drug-likeness (QED) is 0.0496. The minimum atomic E-state index is -5.17. The Morgan fingerprint density at radius 3 is 1.77 bits per heavy atom. The molecule has 22 heteroatoms. The molecule has 5 rings (SSSR count). The SMILES string of the molecule is COc1ccc(C(OCC2OC(n3cc(/C=C/C(=O)NCCN(CCNC(=O)C(F)(F)F)CCNC(=O)C(F)(F)F)c(=O)[nH]c3=O)CC2O)(c2ccccc2)c2ccc(OC)cc2)cc1. The molecule has 3 atom stereocenters. The first-order chi connectivity index (χ1) is 30.8. The van der Waals surface area contributed by atoms with Gasteiger partial charge >= 0.3 is 29.9 Å². The largest absolute Gasteiger partial charge is 0.497 e. The number of hydrogen-bond acceptors (Lipinski definition) is 11. The standard InChI is InChI=1S/C43H46F6N6O10/c1-62-31-13-9-29(10-14-31)41(28-6-4-3-5-7-28,30-11-15-32(63-2)16-12-30)64-26-34-33(56)24-36(65-34)55-25-27(37(58)53-40(55)61)8-17-35(57)50-18-21-54(22-19-51-38(59)42(44,45)46)23-20-52-39(60)43(47,48)49/h3-17,25,33-34,36,56H,18-24,26H2,1-2H3,(H,50,57)(H,51,59)(H,52,60)(H,53,58,61)/b17-8+. The Kier molecular flexibility index (Phi) is 16.7. The molecule has 3 aromatic carbocycles. The van der Waals surface area contributed by atoms with Crippen LogP contribution in [0.25, 0.3) is 6.08 Å². The zero-order chi connectivity index (χ0) is 47.4. The Morgan fingerprint density at radius 2 is 1.28 bits per heavy atom. The van der Waals surface area contributed by atoms with Crippen LogP contribution in [-0.2, 0) is 29.5 Å². The van der Waals surface area contributed by atoms with Crippen LogP contribution < -0.4 is 36.7 Å². The van der Waals surface area contributed by atoms with Gasteiger partial charge < -0.3 is 40.0 Å². The molecule has 1 fully saturated rings.